The molecule has 0 bridgehead atoms. The smallest absolute Gasteiger partial charge is 0.191 e. The minimum Gasteiger partial charge on any atom is -0.364 e. The second-order valence-electron chi connectivity index (χ2n) is 6.02. The Hall–Kier alpha value is -1.50. The van der Waals surface area contributed by atoms with Crippen LogP contribution >= 0.6 is 24.0 Å². The normalized spacial score (nSPS) is 17.2. The topological polar surface area (TPSA) is 39.7 Å². The molecule has 24 heavy (non-hydrogen) atoms. The number of nitrogens with zero attached hydrogens (tertiary/aromatic N) is 2. The van der Waals surface area contributed by atoms with Crippen molar-refractivity contribution in [2.45, 2.75) is 32.4 Å². The maximum Gasteiger partial charge on any atom is 0.191 e. The highest BCUT2D eigenvalue weighted by atomic mass is 127. The molecule has 1 aromatic rings. The van der Waals surface area contributed by atoms with Crippen molar-refractivity contribution >= 4 is 35.6 Å². The number of halogens is 1. The molecule has 1 aromatic carbocycles. The Morgan fingerprint density at radius 2 is 1.75 bits per heavy atom. The zero-order valence-corrected chi connectivity index (χ0v) is 16.6. The molecule has 0 atom stereocenters. The van der Waals surface area contributed by atoms with E-state index in [1.165, 1.54) is 11.3 Å². The van der Waals surface area contributed by atoms with E-state index in [2.05, 4.69) is 71.0 Å². The van der Waals surface area contributed by atoms with Crippen molar-refractivity contribution in [3.63, 3.8) is 0 Å². The summed E-state index contributed by atoms with van der Waals surface area (Å²) < 4.78 is 0. The third-order valence-corrected chi connectivity index (χ3v) is 4.23. The van der Waals surface area contributed by atoms with Gasteiger partial charge in [0.15, 0.2) is 5.96 Å². The highest BCUT2D eigenvalue weighted by molar-refractivity contribution is 14.0. The van der Waals surface area contributed by atoms with Gasteiger partial charge in [0.05, 0.1) is 6.54 Å². The summed E-state index contributed by atoms with van der Waals surface area (Å²) in [6.45, 7) is 5.71. The molecule has 130 valence electrons. The van der Waals surface area contributed by atoms with E-state index in [9.17, 15) is 0 Å². The minimum absolute atomic E-state index is 0. The van der Waals surface area contributed by atoms with Crippen LogP contribution in [0.4, 0.5) is 5.69 Å². The second kappa shape index (κ2) is 9.71. The predicted molar refractivity (Wildman–Crippen MR) is 113 cm³/mol. The van der Waals surface area contributed by atoms with Gasteiger partial charge in [-0.25, -0.2) is 4.99 Å². The molecule has 0 fully saturated rings. The van der Waals surface area contributed by atoms with Crippen LogP contribution in [-0.2, 0) is 6.54 Å². The summed E-state index contributed by atoms with van der Waals surface area (Å²) in [4.78, 5) is 7.07. The molecule has 0 amide bonds. The molecule has 0 aromatic heterocycles. The van der Waals surface area contributed by atoms with Crippen molar-refractivity contribution < 1.29 is 0 Å². The first-order valence-electron chi connectivity index (χ1n) is 8.54. The molecule has 5 heteroatoms. The van der Waals surface area contributed by atoms with Crippen LogP contribution in [0.15, 0.2) is 53.6 Å². The van der Waals surface area contributed by atoms with Crippen molar-refractivity contribution in [3.8, 4) is 0 Å². The fourth-order valence-corrected chi connectivity index (χ4v) is 2.92. The van der Waals surface area contributed by atoms with E-state index < -0.39 is 0 Å². The van der Waals surface area contributed by atoms with Crippen LogP contribution in [0, 0.1) is 0 Å². The first-order chi connectivity index (χ1) is 11.3. The fraction of sp³-hybridized carbons (Fsp3) is 0.421. The highest BCUT2D eigenvalue weighted by Gasteiger charge is 2.11. The number of nitrogens with one attached hydrogen (secondary N) is 2. The van der Waals surface area contributed by atoms with E-state index in [4.69, 9.17) is 4.99 Å². The molecule has 1 aliphatic carbocycles. The third-order valence-electron chi connectivity index (χ3n) is 4.23. The van der Waals surface area contributed by atoms with Crippen molar-refractivity contribution in [1.82, 2.24) is 10.6 Å². The molecular weight excluding hydrogens is 411 g/mol. The molecular formula is C19H27IN4. The lowest BCUT2D eigenvalue weighted by Crippen LogP contribution is -2.42. The van der Waals surface area contributed by atoms with Gasteiger partial charge in [0.25, 0.3) is 0 Å². The zero-order chi connectivity index (χ0) is 15.9. The van der Waals surface area contributed by atoms with Gasteiger partial charge in [-0.05, 0) is 37.5 Å². The minimum atomic E-state index is 0. The Kier molecular flexibility index (Phi) is 7.62. The Morgan fingerprint density at radius 1 is 1.08 bits per heavy atom. The van der Waals surface area contributed by atoms with Gasteiger partial charge in [-0.2, -0.15) is 0 Å². The molecule has 4 nitrogen and oxygen atoms in total. The molecule has 3 rings (SSSR count). The first-order valence-corrected chi connectivity index (χ1v) is 8.54. The molecule has 0 unspecified atom stereocenters. The van der Waals surface area contributed by atoms with Crippen LogP contribution in [0.5, 0.6) is 0 Å². The Morgan fingerprint density at radius 3 is 2.38 bits per heavy atom. The number of hydrogen-bond acceptors (Lipinski definition) is 2. The molecule has 0 radical (unpaired) electrons. The average molecular weight is 438 g/mol. The lowest BCUT2D eigenvalue weighted by atomic mass is 10.2. The standard InChI is InChI=1S/C19H26N4.HI/c1-2-20-19(22-17-7-3-4-8-17)21-15-16-9-11-18(12-10-16)23-13-5-6-14-23;/h3-6,9-12,17H,2,7-8,13-15H2,1H3,(H2,20,21,22);1H. The number of aliphatic imine (C=N–C) groups is 1. The monoisotopic (exact) mass is 438 g/mol. The quantitative estimate of drug-likeness (QED) is 0.320. The summed E-state index contributed by atoms with van der Waals surface area (Å²) >= 11 is 0. The summed E-state index contributed by atoms with van der Waals surface area (Å²) in [7, 11) is 0. The molecule has 2 N–H and O–H groups in total. The predicted octanol–water partition coefficient (Wildman–Crippen LogP) is 3.45. The van der Waals surface area contributed by atoms with Gasteiger partial charge >= 0.3 is 0 Å². The Labute approximate surface area is 162 Å². The molecule has 0 saturated heterocycles. The van der Waals surface area contributed by atoms with E-state index in [-0.39, 0.29) is 24.0 Å². The van der Waals surface area contributed by atoms with Crippen LogP contribution in [0.25, 0.3) is 0 Å². The van der Waals surface area contributed by atoms with Crippen molar-refractivity contribution in [2.75, 3.05) is 24.5 Å². The molecule has 1 aliphatic heterocycles. The fourth-order valence-electron chi connectivity index (χ4n) is 2.92. The van der Waals surface area contributed by atoms with Gasteiger partial charge < -0.3 is 15.5 Å². The van der Waals surface area contributed by atoms with Crippen LogP contribution in [0.1, 0.15) is 25.3 Å². The number of rotatable bonds is 5. The lowest BCUT2D eigenvalue weighted by molar-refractivity contribution is 0.633. The van der Waals surface area contributed by atoms with Gasteiger partial charge in [0.1, 0.15) is 0 Å². The van der Waals surface area contributed by atoms with Gasteiger partial charge in [0.2, 0.25) is 0 Å². The van der Waals surface area contributed by atoms with Crippen LogP contribution < -0.4 is 15.5 Å². The lowest BCUT2D eigenvalue weighted by Gasteiger charge is -2.18. The summed E-state index contributed by atoms with van der Waals surface area (Å²) in [6, 6.07) is 9.23. The highest BCUT2D eigenvalue weighted by Crippen LogP contribution is 2.18. The molecule has 1 heterocycles. The number of hydrogen-bond donors (Lipinski definition) is 2. The maximum atomic E-state index is 4.72. The van der Waals surface area contributed by atoms with E-state index in [1.54, 1.807) is 0 Å². The molecule has 2 aliphatic rings. The Bertz CT molecular complexity index is 576. The largest absolute Gasteiger partial charge is 0.364 e. The second-order valence-corrected chi connectivity index (χ2v) is 6.02. The summed E-state index contributed by atoms with van der Waals surface area (Å²) in [5.74, 6) is 0.911. The van der Waals surface area contributed by atoms with Crippen molar-refractivity contribution in [3.05, 3.63) is 54.1 Å². The van der Waals surface area contributed by atoms with Crippen molar-refractivity contribution in [2.24, 2.45) is 4.99 Å². The molecule has 0 saturated carbocycles. The summed E-state index contributed by atoms with van der Waals surface area (Å²) in [5.41, 5.74) is 2.52. The van der Waals surface area contributed by atoms with Crippen LogP contribution in [0.2, 0.25) is 0 Å². The van der Waals surface area contributed by atoms with E-state index in [0.29, 0.717) is 12.6 Å². The average Bonchev–Trinajstić information content (AvgIpc) is 3.27. The third kappa shape index (κ3) is 5.26. The van der Waals surface area contributed by atoms with E-state index in [1.807, 2.05) is 0 Å². The zero-order valence-electron chi connectivity index (χ0n) is 14.2. The van der Waals surface area contributed by atoms with Crippen LogP contribution in [-0.4, -0.2) is 31.6 Å². The van der Waals surface area contributed by atoms with Gasteiger partial charge in [-0.1, -0.05) is 36.4 Å². The SMILES string of the molecule is CCNC(=NCc1ccc(N2CC=CC2)cc1)NC1CC=CC1.I. The maximum absolute atomic E-state index is 4.72. The van der Waals surface area contributed by atoms with E-state index in [0.717, 1.165) is 38.4 Å². The van der Waals surface area contributed by atoms with Gasteiger partial charge in [-0.3, -0.25) is 0 Å². The van der Waals surface area contributed by atoms with Gasteiger partial charge in [0, 0.05) is 31.4 Å². The number of guanidine groups is 1. The van der Waals surface area contributed by atoms with Crippen molar-refractivity contribution in [1.29, 1.82) is 0 Å². The number of benzene rings is 1. The van der Waals surface area contributed by atoms with E-state index >= 15 is 0 Å². The Balaban J connectivity index is 0.00000208. The van der Waals surface area contributed by atoms with Gasteiger partial charge in [-0.15, -0.1) is 24.0 Å². The van der Waals surface area contributed by atoms with Crippen LogP contribution in [0.3, 0.4) is 0 Å². The first kappa shape index (κ1) is 18.8. The summed E-state index contributed by atoms with van der Waals surface area (Å²) in [5, 5.41) is 6.83. The summed E-state index contributed by atoms with van der Waals surface area (Å²) in [6.07, 6.45) is 11.1. The number of anilines is 1. The molecule has 0 spiro atoms.